The lowest BCUT2D eigenvalue weighted by Crippen LogP contribution is -2.33. The predicted octanol–water partition coefficient (Wildman–Crippen LogP) is 6.60. The molecule has 2 aliphatic rings. The van der Waals surface area contributed by atoms with Crippen LogP contribution in [0.15, 0.2) is 113 Å². The summed E-state index contributed by atoms with van der Waals surface area (Å²) in [4.78, 5) is 19.7. The zero-order chi connectivity index (χ0) is 24.0. The SMILES string of the molecule is CN(C(=O)CSC1=NC(c2ccccc2)C2=C(N1)/C(=C/c1ccccc1)CCC2)c1ccccc1. The lowest BCUT2D eigenvalue weighted by Gasteiger charge is -2.33. The lowest BCUT2D eigenvalue weighted by molar-refractivity contribution is -0.115. The second kappa shape index (κ2) is 10.8. The summed E-state index contributed by atoms with van der Waals surface area (Å²) in [6, 6.07) is 30.7. The van der Waals surface area contributed by atoms with E-state index in [-0.39, 0.29) is 11.9 Å². The lowest BCUT2D eigenvalue weighted by atomic mass is 9.84. The summed E-state index contributed by atoms with van der Waals surface area (Å²) in [6.07, 6.45) is 5.44. The number of para-hydroxylation sites is 1. The van der Waals surface area contributed by atoms with Gasteiger partial charge in [0.15, 0.2) is 5.17 Å². The molecule has 4 nitrogen and oxygen atoms in total. The van der Waals surface area contributed by atoms with Gasteiger partial charge in [0.1, 0.15) is 6.04 Å². The number of thioether (sulfide) groups is 1. The number of hydrogen-bond donors (Lipinski definition) is 1. The molecule has 0 aromatic heterocycles. The van der Waals surface area contributed by atoms with Crippen LogP contribution in [0.1, 0.15) is 36.4 Å². The molecular weight excluding hydrogens is 450 g/mol. The van der Waals surface area contributed by atoms with Crippen molar-refractivity contribution in [2.24, 2.45) is 4.99 Å². The molecule has 5 heteroatoms. The fourth-order valence-corrected chi connectivity index (χ4v) is 5.40. The standard InChI is InChI=1S/C30H29N3OS/c1-33(25-17-9-4-10-18-25)27(34)21-35-30-31-28(23-14-7-3-8-15-23)26-19-11-16-24(29(26)32-30)20-22-12-5-2-6-13-22/h2-10,12-15,17-18,20,28H,11,16,19,21H2,1H3,(H,31,32)/b24-20+. The Morgan fingerprint density at radius 3 is 2.34 bits per heavy atom. The van der Waals surface area contributed by atoms with Crippen LogP contribution in [0.4, 0.5) is 5.69 Å². The second-order valence-electron chi connectivity index (χ2n) is 8.78. The van der Waals surface area contributed by atoms with Crippen molar-refractivity contribution in [3.05, 3.63) is 119 Å². The van der Waals surface area contributed by atoms with Gasteiger partial charge in [-0.05, 0) is 59.7 Å². The summed E-state index contributed by atoms with van der Waals surface area (Å²) in [6.45, 7) is 0. The fourth-order valence-electron chi connectivity index (χ4n) is 4.60. The highest BCUT2D eigenvalue weighted by atomic mass is 32.2. The van der Waals surface area contributed by atoms with E-state index in [1.54, 1.807) is 4.90 Å². The van der Waals surface area contributed by atoms with Gasteiger partial charge in [-0.2, -0.15) is 0 Å². The van der Waals surface area contributed by atoms with Crippen LogP contribution in [-0.2, 0) is 4.79 Å². The van der Waals surface area contributed by atoms with Gasteiger partial charge in [-0.3, -0.25) is 4.79 Å². The van der Waals surface area contributed by atoms with E-state index in [4.69, 9.17) is 4.99 Å². The number of amidine groups is 1. The van der Waals surface area contributed by atoms with Gasteiger partial charge in [0.25, 0.3) is 0 Å². The third-order valence-electron chi connectivity index (χ3n) is 6.45. The van der Waals surface area contributed by atoms with Gasteiger partial charge in [0.2, 0.25) is 5.91 Å². The van der Waals surface area contributed by atoms with Crippen LogP contribution in [0.2, 0.25) is 0 Å². The Kier molecular flexibility index (Phi) is 7.15. The molecular formula is C30H29N3OS. The monoisotopic (exact) mass is 479 g/mol. The van der Waals surface area contributed by atoms with Crippen molar-refractivity contribution in [1.82, 2.24) is 5.32 Å². The fraction of sp³-hybridized carbons (Fsp3) is 0.200. The maximum absolute atomic E-state index is 12.9. The van der Waals surface area contributed by atoms with Crippen LogP contribution in [0.25, 0.3) is 6.08 Å². The largest absolute Gasteiger partial charge is 0.335 e. The van der Waals surface area contributed by atoms with Crippen molar-refractivity contribution >= 4 is 34.6 Å². The first-order chi connectivity index (χ1) is 17.2. The minimum atomic E-state index is -0.0311. The van der Waals surface area contributed by atoms with Crippen molar-refractivity contribution in [2.45, 2.75) is 25.3 Å². The van der Waals surface area contributed by atoms with Crippen LogP contribution in [0.3, 0.4) is 0 Å². The van der Waals surface area contributed by atoms with Crippen LogP contribution in [-0.4, -0.2) is 23.9 Å². The average molecular weight is 480 g/mol. The Morgan fingerprint density at radius 1 is 0.971 bits per heavy atom. The van der Waals surface area contributed by atoms with Crippen LogP contribution in [0.5, 0.6) is 0 Å². The van der Waals surface area contributed by atoms with Crippen molar-refractivity contribution in [3.63, 3.8) is 0 Å². The highest BCUT2D eigenvalue weighted by molar-refractivity contribution is 8.14. The zero-order valence-corrected chi connectivity index (χ0v) is 20.7. The Bertz CT molecular complexity index is 1270. The number of aliphatic imine (C=N–C) groups is 1. The van der Waals surface area contributed by atoms with Gasteiger partial charge in [0.05, 0.1) is 5.75 Å². The van der Waals surface area contributed by atoms with Gasteiger partial charge in [-0.1, -0.05) is 90.6 Å². The number of benzene rings is 3. The van der Waals surface area contributed by atoms with Crippen molar-refractivity contribution in [1.29, 1.82) is 0 Å². The molecule has 0 fully saturated rings. The Labute approximate surface area is 211 Å². The van der Waals surface area contributed by atoms with Crippen LogP contribution in [0, 0.1) is 0 Å². The molecule has 1 atom stereocenters. The van der Waals surface area contributed by atoms with Crippen LogP contribution >= 0.6 is 11.8 Å². The number of carbonyl (C=O) groups is 1. The molecule has 1 aliphatic heterocycles. The number of hydrogen-bond acceptors (Lipinski definition) is 4. The van der Waals surface area contributed by atoms with E-state index >= 15 is 0 Å². The number of carbonyl (C=O) groups excluding carboxylic acids is 1. The molecule has 0 saturated heterocycles. The smallest absolute Gasteiger partial charge is 0.237 e. The Balaban J connectivity index is 1.42. The predicted molar refractivity (Wildman–Crippen MR) is 147 cm³/mol. The van der Waals surface area contributed by atoms with E-state index in [0.717, 1.165) is 30.1 Å². The van der Waals surface area contributed by atoms with Crippen molar-refractivity contribution in [2.75, 3.05) is 17.7 Å². The molecule has 3 aromatic rings. The minimum Gasteiger partial charge on any atom is -0.335 e. The van der Waals surface area contributed by atoms with Gasteiger partial charge in [-0.15, -0.1) is 0 Å². The number of nitrogens with zero attached hydrogens (tertiary/aromatic N) is 2. The molecule has 1 N–H and O–H groups in total. The molecule has 0 bridgehead atoms. The summed E-state index contributed by atoms with van der Waals surface area (Å²) in [5, 5.41) is 4.41. The minimum absolute atomic E-state index is 0.0311. The average Bonchev–Trinajstić information content (AvgIpc) is 2.92. The molecule has 35 heavy (non-hydrogen) atoms. The second-order valence-corrected chi connectivity index (χ2v) is 9.75. The zero-order valence-electron chi connectivity index (χ0n) is 19.9. The number of nitrogens with one attached hydrogen (secondary N) is 1. The number of amides is 1. The van der Waals surface area contributed by atoms with Gasteiger partial charge in [-0.25, -0.2) is 4.99 Å². The van der Waals surface area contributed by atoms with Crippen molar-refractivity contribution < 1.29 is 4.79 Å². The quantitative estimate of drug-likeness (QED) is 0.448. The highest BCUT2D eigenvalue weighted by Gasteiger charge is 2.30. The number of allylic oxidation sites excluding steroid dienone is 1. The van der Waals surface area contributed by atoms with E-state index in [1.807, 2.05) is 49.5 Å². The van der Waals surface area contributed by atoms with E-state index in [1.165, 1.54) is 39.7 Å². The highest BCUT2D eigenvalue weighted by Crippen LogP contribution is 2.41. The molecule has 1 amide bonds. The Morgan fingerprint density at radius 2 is 1.63 bits per heavy atom. The van der Waals surface area contributed by atoms with E-state index < -0.39 is 0 Å². The van der Waals surface area contributed by atoms with Gasteiger partial charge in [0, 0.05) is 18.4 Å². The summed E-state index contributed by atoms with van der Waals surface area (Å²) >= 11 is 1.48. The maximum Gasteiger partial charge on any atom is 0.237 e. The molecule has 0 spiro atoms. The molecule has 0 saturated carbocycles. The van der Waals surface area contributed by atoms with E-state index in [2.05, 4.69) is 59.9 Å². The summed E-state index contributed by atoms with van der Waals surface area (Å²) in [5.74, 6) is 0.365. The summed E-state index contributed by atoms with van der Waals surface area (Å²) in [7, 11) is 1.82. The number of rotatable bonds is 5. The van der Waals surface area contributed by atoms with Crippen molar-refractivity contribution in [3.8, 4) is 0 Å². The maximum atomic E-state index is 12.9. The van der Waals surface area contributed by atoms with Gasteiger partial charge >= 0.3 is 0 Å². The Hall–Kier alpha value is -3.57. The molecule has 1 heterocycles. The van der Waals surface area contributed by atoms with E-state index in [0.29, 0.717) is 5.75 Å². The van der Waals surface area contributed by atoms with Crippen LogP contribution < -0.4 is 10.2 Å². The third-order valence-corrected chi connectivity index (χ3v) is 7.32. The normalized spacial score (nSPS) is 18.5. The molecule has 176 valence electrons. The summed E-state index contributed by atoms with van der Waals surface area (Å²) in [5.41, 5.74) is 7.10. The molecule has 3 aromatic carbocycles. The molecule has 1 aliphatic carbocycles. The van der Waals surface area contributed by atoms with E-state index in [9.17, 15) is 4.79 Å². The van der Waals surface area contributed by atoms with Gasteiger partial charge < -0.3 is 10.2 Å². The topological polar surface area (TPSA) is 44.7 Å². The molecule has 1 unspecified atom stereocenters. The first-order valence-corrected chi connectivity index (χ1v) is 13.0. The number of anilines is 1. The summed E-state index contributed by atoms with van der Waals surface area (Å²) < 4.78 is 0. The third kappa shape index (κ3) is 5.41. The molecule has 0 radical (unpaired) electrons. The first kappa shape index (κ1) is 23.2. The first-order valence-electron chi connectivity index (χ1n) is 12.0. The molecule has 5 rings (SSSR count).